The maximum atomic E-state index is 11.3. The number of hydrogen-bond acceptors (Lipinski definition) is 3. The lowest BCUT2D eigenvalue weighted by Gasteiger charge is -2.06. The number of nitrogens with two attached hydrogens (primary N) is 1. The van der Waals surface area contributed by atoms with Crippen LogP contribution in [0.4, 0.5) is 0 Å². The van der Waals surface area contributed by atoms with Crippen molar-refractivity contribution >= 4 is 17.5 Å². The summed E-state index contributed by atoms with van der Waals surface area (Å²) in [6.45, 7) is 1.47. The SMILES string of the molecule is NCCOCC(=O)NCCc1cccc(Cl)c1. The molecule has 5 heteroatoms. The molecular weight excluding hydrogens is 240 g/mol. The zero-order valence-electron chi connectivity index (χ0n) is 9.62. The highest BCUT2D eigenvalue weighted by atomic mass is 35.5. The highest BCUT2D eigenvalue weighted by Gasteiger charge is 2.00. The minimum Gasteiger partial charge on any atom is -0.370 e. The van der Waals surface area contributed by atoms with E-state index < -0.39 is 0 Å². The Hall–Kier alpha value is -1.10. The predicted octanol–water partition coefficient (Wildman–Crippen LogP) is 0.974. The third-order valence-electron chi connectivity index (χ3n) is 2.12. The molecule has 0 heterocycles. The Balaban J connectivity index is 2.17. The van der Waals surface area contributed by atoms with Crippen molar-refractivity contribution < 1.29 is 9.53 Å². The van der Waals surface area contributed by atoms with Gasteiger partial charge in [0, 0.05) is 18.1 Å². The molecule has 1 amide bonds. The van der Waals surface area contributed by atoms with Crippen LogP contribution in [-0.2, 0) is 16.0 Å². The smallest absolute Gasteiger partial charge is 0.246 e. The third kappa shape index (κ3) is 6.26. The van der Waals surface area contributed by atoms with Gasteiger partial charge in [0.1, 0.15) is 6.61 Å². The van der Waals surface area contributed by atoms with Crippen molar-refractivity contribution in [2.24, 2.45) is 5.73 Å². The summed E-state index contributed by atoms with van der Waals surface area (Å²) in [6, 6.07) is 7.58. The van der Waals surface area contributed by atoms with E-state index in [1.54, 1.807) is 0 Å². The number of ether oxygens (including phenoxy) is 1. The number of hydrogen-bond donors (Lipinski definition) is 2. The zero-order chi connectivity index (χ0) is 12.5. The van der Waals surface area contributed by atoms with Gasteiger partial charge in [-0.05, 0) is 24.1 Å². The summed E-state index contributed by atoms with van der Waals surface area (Å²) in [7, 11) is 0. The molecule has 0 saturated carbocycles. The van der Waals surface area contributed by atoms with Crippen molar-refractivity contribution in [3.05, 3.63) is 34.9 Å². The molecule has 0 aromatic heterocycles. The van der Waals surface area contributed by atoms with Crippen LogP contribution in [0.3, 0.4) is 0 Å². The maximum absolute atomic E-state index is 11.3. The van der Waals surface area contributed by atoms with Crippen LogP contribution in [0, 0.1) is 0 Å². The van der Waals surface area contributed by atoms with Gasteiger partial charge in [0.15, 0.2) is 0 Å². The standard InChI is InChI=1S/C12H17ClN2O2/c13-11-3-1-2-10(8-11)4-6-15-12(16)9-17-7-5-14/h1-3,8H,4-7,9,14H2,(H,15,16). The molecule has 0 radical (unpaired) electrons. The molecule has 0 aliphatic carbocycles. The van der Waals surface area contributed by atoms with E-state index in [0.717, 1.165) is 12.0 Å². The van der Waals surface area contributed by atoms with Gasteiger partial charge in [-0.15, -0.1) is 0 Å². The van der Waals surface area contributed by atoms with E-state index >= 15 is 0 Å². The van der Waals surface area contributed by atoms with E-state index in [2.05, 4.69) is 5.32 Å². The Morgan fingerprint density at radius 3 is 3.00 bits per heavy atom. The molecule has 3 N–H and O–H groups in total. The average molecular weight is 257 g/mol. The topological polar surface area (TPSA) is 64.3 Å². The normalized spacial score (nSPS) is 10.2. The van der Waals surface area contributed by atoms with Gasteiger partial charge in [0.2, 0.25) is 5.91 Å². The lowest BCUT2D eigenvalue weighted by molar-refractivity contribution is -0.125. The van der Waals surface area contributed by atoms with Gasteiger partial charge >= 0.3 is 0 Å². The van der Waals surface area contributed by atoms with E-state index in [9.17, 15) is 4.79 Å². The van der Waals surface area contributed by atoms with Crippen LogP contribution in [0.15, 0.2) is 24.3 Å². The fraction of sp³-hybridized carbons (Fsp3) is 0.417. The largest absolute Gasteiger partial charge is 0.370 e. The molecular formula is C12H17ClN2O2. The molecule has 1 aromatic rings. The van der Waals surface area contributed by atoms with Gasteiger partial charge < -0.3 is 15.8 Å². The average Bonchev–Trinajstić information content (AvgIpc) is 2.29. The number of carbonyl (C=O) groups is 1. The van der Waals surface area contributed by atoms with Gasteiger partial charge in [-0.1, -0.05) is 23.7 Å². The number of nitrogens with one attached hydrogen (secondary N) is 1. The Morgan fingerprint density at radius 2 is 2.29 bits per heavy atom. The number of rotatable bonds is 7. The van der Waals surface area contributed by atoms with Gasteiger partial charge in [-0.25, -0.2) is 0 Å². The Morgan fingerprint density at radius 1 is 1.47 bits per heavy atom. The van der Waals surface area contributed by atoms with E-state index in [-0.39, 0.29) is 12.5 Å². The lowest BCUT2D eigenvalue weighted by atomic mass is 10.1. The van der Waals surface area contributed by atoms with Crippen LogP contribution in [0.5, 0.6) is 0 Å². The minimum absolute atomic E-state index is 0.0622. The molecule has 0 atom stereocenters. The van der Waals surface area contributed by atoms with Crippen molar-refractivity contribution in [3.8, 4) is 0 Å². The molecule has 0 fully saturated rings. The van der Waals surface area contributed by atoms with Crippen molar-refractivity contribution in [2.75, 3.05) is 26.3 Å². The van der Waals surface area contributed by atoms with Gasteiger partial charge in [0.05, 0.1) is 6.61 Å². The summed E-state index contributed by atoms with van der Waals surface area (Å²) in [6.07, 6.45) is 0.753. The second-order valence-corrected chi connectivity index (χ2v) is 4.01. The van der Waals surface area contributed by atoms with E-state index in [0.29, 0.717) is 24.7 Å². The molecule has 1 aromatic carbocycles. The molecule has 0 saturated heterocycles. The van der Waals surface area contributed by atoms with Crippen LogP contribution in [0.2, 0.25) is 5.02 Å². The van der Waals surface area contributed by atoms with Gasteiger partial charge in [-0.2, -0.15) is 0 Å². The molecule has 0 unspecified atom stereocenters. The van der Waals surface area contributed by atoms with Crippen LogP contribution in [0.25, 0.3) is 0 Å². The van der Waals surface area contributed by atoms with Gasteiger partial charge in [-0.3, -0.25) is 4.79 Å². The summed E-state index contributed by atoms with van der Waals surface area (Å²) in [5, 5.41) is 3.47. The molecule has 4 nitrogen and oxygen atoms in total. The number of benzene rings is 1. The second-order valence-electron chi connectivity index (χ2n) is 3.57. The third-order valence-corrected chi connectivity index (χ3v) is 2.36. The van der Waals surface area contributed by atoms with Crippen molar-refractivity contribution in [3.63, 3.8) is 0 Å². The highest BCUT2D eigenvalue weighted by Crippen LogP contribution is 2.10. The number of halogens is 1. The Kier molecular flexibility index (Phi) is 6.62. The molecule has 0 bridgehead atoms. The van der Waals surface area contributed by atoms with Crippen molar-refractivity contribution in [1.82, 2.24) is 5.32 Å². The summed E-state index contributed by atoms with van der Waals surface area (Å²) >= 11 is 5.85. The first-order chi connectivity index (χ1) is 8.22. The molecule has 0 spiro atoms. The van der Waals surface area contributed by atoms with Gasteiger partial charge in [0.25, 0.3) is 0 Å². The van der Waals surface area contributed by atoms with Crippen LogP contribution in [-0.4, -0.2) is 32.2 Å². The minimum atomic E-state index is -0.125. The first-order valence-corrected chi connectivity index (χ1v) is 5.89. The van der Waals surface area contributed by atoms with Crippen LogP contribution in [0.1, 0.15) is 5.56 Å². The zero-order valence-corrected chi connectivity index (χ0v) is 10.4. The summed E-state index contributed by atoms with van der Waals surface area (Å²) in [5.41, 5.74) is 6.33. The monoisotopic (exact) mass is 256 g/mol. The molecule has 17 heavy (non-hydrogen) atoms. The number of amides is 1. The highest BCUT2D eigenvalue weighted by molar-refractivity contribution is 6.30. The first kappa shape index (κ1) is 14.0. The summed E-state index contributed by atoms with van der Waals surface area (Å²) in [4.78, 5) is 11.3. The maximum Gasteiger partial charge on any atom is 0.246 e. The molecule has 0 aliphatic heterocycles. The first-order valence-electron chi connectivity index (χ1n) is 5.51. The summed E-state index contributed by atoms with van der Waals surface area (Å²) in [5.74, 6) is -0.125. The second kappa shape index (κ2) is 8.06. The lowest BCUT2D eigenvalue weighted by Crippen LogP contribution is -2.30. The van der Waals surface area contributed by atoms with Crippen molar-refractivity contribution in [1.29, 1.82) is 0 Å². The Labute approximate surface area is 106 Å². The number of carbonyl (C=O) groups excluding carboxylic acids is 1. The van der Waals surface area contributed by atoms with Crippen LogP contribution < -0.4 is 11.1 Å². The quantitative estimate of drug-likeness (QED) is 0.715. The van der Waals surface area contributed by atoms with E-state index in [1.807, 2.05) is 24.3 Å². The molecule has 94 valence electrons. The fourth-order valence-electron chi connectivity index (χ4n) is 1.34. The van der Waals surface area contributed by atoms with Crippen molar-refractivity contribution in [2.45, 2.75) is 6.42 Å². The van der Waals surface area contributed by atoms with E-state index in [1.165, 1.54) is 0 Å². The predicted molar refractivity (Wildman–Crippen MR) is 68.0 cm³/mol. The summed E-state index contributed by atoms with van der Waals surface area (Å²) < 4.78 is 5.01. The van der Waals surface area contributed by atoms with Crippen LogP contribution >= 0.6 is 11.6 Å². The fourth-order valence-corrected chi connectivity index (χ4v) is 1.55. The van der Waals surface area contributed by atoms with E-state index in [4.69, 9.17) is 22.1 Å². The Bertz CT molecular complexity index is 358. The molecule has 1 rings (SSSR count). The molecule has 0 aliphatic rings.